The molecule has 0 radical (unpaired) electrons. The molecule has 33 heavy (non-hydrogen) atoms. The Morgan fingerprint density at radius 3 is 2.64 bits per heavy atom. The van der Waals surface area contributed by atoms with Crippen LogP contribution in [0.15, 0.2) is 36.7 Å². The van der Waals surface area contributed by atoms with Gasteiger partial charge in [-0.3, -0.25) is 14.5 Å². The number of carbonyl (C=O) groups is 1. The third-order valence-electron chi connectivity index (χ3n) is 5.76. The number of hydrogen-bond donors (Lipinski definition) is 1. The van der Waals surface area contributed by atoms with Gasteiger partial charge in [0.05, 0.1) is 51.0 Å². The molecule has 3 heterocycles. The molecule has 0 spiro atoms. The molecular weight excluding hydrogens is 457 g/mol. The first kappa shape index (κ1) is 21.4. The van der Waals surface area contributed by atoms with Gasteiger partial charge in [0.1, 0.15) is 5.82 Å². The van der Waals surface area contributed by atoms with E-state index in [4.69, 9.17) is 17.3 Å². The van der Waals surface area contributed by atoms with Gasteiger partial charge in [0.2, 0.25) is 0 Å². The Morgan fingerprint density at radius 2 is 2.00 bits per heavy atom. The predicted octanol–water partition coefficient (Wildman–Crippen LogP) is 4.58. The fourth-order valence-electron chi connectivity index (χ4n) is 3.91. The van der Waals surface area contributed by atoms with Crippen molar-refractivity contribution in [2.45, 2.75) is 31.6 Å². The van der Waals surface area contributed by atoms with Gasteiger partial charge in [0, 0.05) is 24.7 Å². The van der Waals surface area contributed by atoms with Gasteiger partial charge in [-0.1, -0.05) is 11.6 Å². The molecule has 1 amide bonds. The van der Waals surface area contributed by atoms with Gasteiger partial charge in [-0.05, 0) is 37.1 Å². The molecule has 1 aliphatic rings. The summed E-state index contributed by atoms with van der Waals surface area (Å²) >= 11 is 6.47. The molecule has 5 rings (SSSR count). The van der Waals surface area contributed by atoms with Crippen molar-refractivity contribution in [3.63, 3.8) is 0 Å². The fourth-order valence-corrected chi connectivity index (χ4v) is 4.15. The van der Waals surface area contributed by atoms with E-state index >= 15 is 0 Å². The minimum Gasteiger partial charge on any atom is -0.383 e. The number of fused-ring (bicyclic) bond motifs is 3. The molecular formula is C22H18ClF3N6O. The van der Waals surface area contributed by atoms with Crippen LogP contribution in [0.1, 0.15) is 34.5 Å². The zero-order valence-corrected chi connectivity index (χ0v) is 18.2. The Labute approximate surface area is 191 Å². The summed E-state index contributed by atoms with van der Waals surface area (Å²) in [6, 6.07) is 5.50. The van der Waals surface area contributed by atoms with Crippen LogP contribution in [0.5, 0.6) is 0 Å². The second-order valence-corrected chi connectivity index (χ2v) is 8.48. The van der Waals surface area contributed by atoms with Crippen LogP contribution in [-0.4, -0.2) is 36.6 Å². The molecule has 1 saturated carbocycles. The van der Waals surface area contributed by atoms with Crippen LogP contribution in [-0.2, 0) is 19.8 Å². The van der Waals surface area contributed by atoms with Gasteiger partial charge >= 0.3 is 6.18 Å². The monoisotopic (exact) mass is 474 g/mol. The molecule has 0 unspecified atom stereocenters. The molecule has 11 heteroatoms. The van der Waals surface area contributed by atoms with E-state index in [0.29, 0.717) is 27.8 Å². The number of nitrogens with two attached hydrogens (primary N) is 1. The van der Waals surface area contributed by atoms with Crippen molar-refractivity contribution in [3.8, 4) is 0 Å². The van der Waals surface area contributed by atoms with Gasteiger partial charge in [0.25, 0.3) is 5.91 Å². The van der Waals surface area contributed by atoms with E-state index in [1.54, 1.807) is 35.0 Å². The van der Waals surface area contributed by atoms with Crippen molar-refractivity contribution in [1.82, 2.24) is 24.6 Å². The summed E-state index contributed by atoms with van der Waals surface area (Å²) in [7, 11) is 1.77. The van der Waals surface area contributed by atoms with E-state index in [1.165, 1.54) is 6.07 Å². The molecule has 7 nitrogen and oxygen atoms in total. The summed E-state index contributed by atoms with van der Waals surface area (Å²) in [5, 5.41) is 5.79. The topological polar surface area (TPSA) is 89.9 Å². The number of anilines is 1. The molecule has 1 aromatic carbocycles. The number of hydrogen-bond acceptors (Lipinski definition) is 5. The van der Waals surface area contributed by atoms with Gasteiger partial charge in [-0.2, -0.15) is 18.3 Å². The fraction of sp³-hybridized carbons (Fsp3) is 0.273. The van der Waals surface area contributed by atoms with Gasteiger partial charge in [0.15, 0.2) is 0 Å². The van der Waals surface area contributed by atoms with E-state index in [2.05, 4.69) is 15.1 Å². The third-order valence-corrected chi connectivity index (χ3v) is 6.07. The van der Waals surface area contributed by atoms with Crippen LogP contribution >= 0.6 is 11.6 Å². The summed E-state index contributed by atoms with van der Waals surface area (Å²) in [4.78, 5) is 23.4. The van der Waals surface area contributed by atoms with Crippen LogP contribution in [0.25, 0.3) is 21.8 Å². The van der Waals surface area contributed by atoms with E-state index in [1.807, 2.05) is 0 Å². The second kappa shape index (κ2) is 7.58. The quantitative estimate of drug-likeness (QED) is 0.467. The predicted molar refractivity (Wildman–Crippen MR) is 118 cm³/mol. The zero-order valence-electron chi connectivity index (χ0n) is 17.4. The number of carbonyl (C=O) groups excluding carboxylic acids is 1. The largest absolute Gasteiger partial charge is 0.417 e. The van der Waals surface area contributed by atoms with Crippen molar-refractivity contribution in [1.29, 1.82) is 0 Å². The zero-order chi connectivity index (χ0) is 23.5. The van der Waals surface area contributed by atoms with Gasteiger partial charge in [-0.25, -0.2) is 4.98 Å². The molecule has 4 aromatic rings. The Bertz CT molecular complexity index is 1400. The Morgan fingerprint density at radius 1 is 1.24 bits per heavy atom. The van der Waals surface area contributed by atoms with E-state index in [9.17, 15) is 18.0 Å². The first-order chi connectivity index (χ1) is 15.6. The van der Waals surface area contributed by atoms with Crippen LogP contribution < -0.4 is 5.73 Å². The molecule has 2 N–H and O–H groups in total. The standard InChI is InChI=1S/C22H18ClF3N6O/c1-31-19-15-6-14(17(23)7-18(15)30-20(27)16(19)9-29-31)21(33)32(13-4-5-13)10-12-3-2-11(8-28-12)22(24,25)26/h2-3,6-9,13H,4-5,10H2,1H3,(H2,27,30). The van der Waals surface area contributed by atoms with Crippen LogP contribution in [0, 0.1) is 0 Å². The number of nitrogens with zero attached hydrogens (tertiary/aromatic N) is 5. The molecule has 0 atom stereocenters. The smallest absolute Gasteiger partial charge is 0.383 e. The average molecular weight is 475 g/mol. The number of nitrogen functional groups attached to an aromatic ring is 1. The molecule has 170 valence electrons. The normalized spacial score (nSPS) is 14.2. The summed E-state index contributed by atoms with van der Waals surface area (Å²) in [5.41, 5.74) is 7.11. The van der Waals surface area contributed by atoms with Crippen LogP contribution in [0.2, 0.25) is 5.02 Å². The first-order valence-electron chi connectivity index (χ1n) is 10.2. The number of aromatic nitrogens is 4. The highest BCUT2D eigenvalue weighted by Crippen LogP contribution is 2.35. The lowest BCUT2D eigenvalue weighted by Gasteiger charge is -2.23. The van der Waals surface area contributed by atoms with Crippen molar-refractivity contribution in [2.24, 2.45) is 7.05 Å². The SMILES string of the molecule is Cn1ncc2c(N)nc3cc(Cl)c(C(=O)N(Cc4ccc(C(F)(F)F)cn4)C4CC4)cc3c21. The van der Waals surface area contributed by atoms with Crippen molar-refractivity contribution < 1.29 is 18.0 Å². The first-order valence-corrected chi connectivity index (χ1v) is 10.5. The van der Waals surface area contributed by atoms with Crippen molar-refractivity contribution >= 4 is 45.1 Å². The number of benzene rings is 1. The Hall–Kier alpha value is -3.40. The maximum Gasteiger partial charge on any atom is 0.417 e. The summed E-state index contributed by atoms with van der Waals surface area (Å²) < 4.78 is 40.2. The number of pyridine rings is 2. The number of amides is 1. The van der Waals surface area contributed by atoms with Crippen molar-refractivity contribution in [2.75, 3.05) is 5.73 Å². The highest BCUT2D eigenvalue weighted by molar-refractivity contribution is 6.35. The molecule has 0 aliphatic heterocycles. The highest BCUT2D eigenvalue weighted by Gasteiger charge is 2.35. The van der Waals surface area contributed by atoms with E-state index in [-0.39, 0.29) is 29.1 Å². The average Bonchev–Trinajstić information content (AvgIpc) is 3.52. The number of aryl methyl sites for hydroxylation is 1. The number of halogens is 4. The lowest BCUT2D eigenvalue weighted by molar-refractivity contribution is -0.137. The van der Waals surface area contributed by atoms with Crippen LogP contribution in [0.4, 0.5) is 19.0 Å². The molecule has 0 bridgehead atoms. The number of alkyl halides is 3. The van der Waals surface area contributed by atoms with Crippen molar-refractivity contribution in [3.05, 3.63) is 58.5 Å². The summed E-state index contributed by atoms with van der Waals surface area (Å²) in [5.74, 6) is -0.00744. The van der Waals surface area contributed by atoms with E-state index < -0.39 is 11.7 Å². The Balaban J connectivity index is 1.53. The van der Waals surface area contributed by atoms with E-state index in [0.717, 1.165) is 30.6 Å². The summed E-state index contributed by atoms with van der Waals surface area (Å²) in [6.07, 6.45) is -0.461. The lowest BCUT2D eigenvalue weighted by atomic mass is 10.1. The maximum atomic E-state index is 13.5. The lowest BCUT2D eigenvalue weighted by Crippen LogP contribution is -2.33. The highest BCUT2D eigenvalue weighted by atomic mass is 35.5. The summed E-state index contributed by atoms with van der Waals surface area (Å²) in [6.45, 7) is 0.0805. The Kier molecular flexibility index (Phi) is 4.93. The van der Waals surface area contributed by atoms with Crippen LogP contribution in [0.3, 0.4) is 0 Å². The maximum absolute atomic E-state index is 13.5. The van der Waals surface area contributed by atoms with Gasteiger partial charge in [-0.15, -0.1) is 0 Å². The molecule has 3 aromatic heterocycles. The third kappa shape index (κ3) is 3.84. The minimum absolute atomic E-state index is 0.0189. The molecule has 1 fully saturated rings. The van der Waals surface area contributed by atoms with Gasteiger partial charge < -0.3 is 10.6 Å². The minimum atomic E-state index is -4.47. The second-order valence-electron chi connectivity index (χ2n) is 8.08. The molecule has 1 aliphatic carbocycles. The molecule has 0 saturated heterocycles. The number of rotatable bonds is 4.